The van der Waals surface area contributed by atoms with Gasteiger partial charge in [0, 0.05) is 0 Å². The van der Waals surface area contributed by atoms with Crippen LogP contribution in [0.25, 0.3) is 0 Å². The number of benzene rings is 1. The van der Waals surface area contributed by atoms with Gasteiger partial charge in [-0.3, -0.25) is 0 Å². The first-order chi connectivity index (χ1) is 8.22. The Balaban J connectivity index is 2.25. The van der Waals surface area contributed by atoms with Crippen LogP contribution in [-0.4, -0.2) is 6.54 Å². The minimum absolute atomic E-state index is 0.553. The predicted octanol–water partition coefficient (Wildman–Crippen LogP) is 4.62. The van der Waals surface area contributed by atoms with Crippen molar-refractivity contribution in [1.82, 2.24) is 0 Å². The van der Waals surface area contributed by atoms with Gasteiger partial charge in [-0.1, -0.05) is 48.5 Å². The first-order valence-corrected chi connectivity index (χ1v) is 7.13. The molecule has 0 spiro atoms. The third-order valence-electron chi connectivity index (χ3n) is 3.83. The Bertz CT molecular complexity index is 378. The van der Waals surface area contributed by atoms with Gasteiger partial charge in [-0.15, -0.1) is 0 Å². The van der Waals surface area contributed by atoms with Crippen molar-refractivity contribution >= 4 is 23.2 Å². The van der Waals surface area contributed by atoms with Gasteiger partial charge >= 0.3 is 0 Å². The highest BCUT2D eigenvalue weighted by Crippen LogP contribution is 2.37. The summed E-state index contributed by atoms with van der Waals surface area (Å²) < 4.78 is 0. The van der Waals surface area contributed by atoms with Gasteiger partial charge in [0.15, 0.2) is 0 Å². The van der Waals surface area contributed by atoms with Crippen LogP contribution in [0.4, 0.5) is 0 Å². The predicted molar refractivity (Wildman–Crippen MR) is 74.8 cm³/mol. The minimum Gasteiger partial charge on any atom is -0.330 e. The Morgan fingerprint density at radius 2 is 1.82 bits per heavy atom. The van der Waals surface area contributed by atoms with E-state index in [0.717, 1.165) is 6.54 Å². The molecule has 1 aliphatic rings. The maximum absolute atomic E-state index is 6.10. The lowest BCUT2D eigenvalue weighted by Gasteiger charge is -2.24. The van der Waals surface area contributed by atoms with Crippen molar-refractivity contribution in [3.05, 3.63) is 33.8 Å². The van der Waals surface area contributed by atoms with Crippen molar-refractivity contribution in [2.75, 3.05) is 6.54 Å². The highest BCUT2D eigenvalue weighted by molar-refractivity contribution is 6.42. The van der Waals surface area contributed by atoms with E-state index in [4.69, 9.17) is 28.9 Å². The van der Waals surface area contributed by atoms with Crippen molar-refractivity contribution in [2.45, 2.75) is 38.0 Å². The average Bonchev–Trinajstić information content (AvgIpc) is 2.57. The molecule has 0 aromatic heterocycles. The normalized spacial score (nSPS) is 25.6. The molecule has 2 atom stereocenters. The van der Waals surface area contributed by atoms with Crippen LogP contribution in [0, 0.1) is 5.92 Å². The average molecular weight is 272 g/mol. The molecule has 17 heavy (non-hydrogen) atoms. The fraction of sp³-hybridized carbons (Fsp3) is 0.571. The molecule has 1 fully saturated rings. The Kier molecular flexibility index (Phi) is 4.72. The zero-order valence-corrected chi connectivity index (χ0v) is 11.5. The van der Waals surface area contributed by atoms with Crippen molar-refractivity contribution in [1.29, 1.82) is 0 Å². The molecule has 1 aromatic carbocycles. The summed E-state index contributed by atoms with van der Waals surface area (Å²) >= 11 is 12.1. The molecule has 1 saturated carbocycles. The SMILES string of the molecule is NCC1CCCCCC1c1ccc(Cl)c(Cl)c1. The summed E-state index contributed by atoms with van der Waals surface area (Å²) in [7, 11) is 0. The molecule has 1 aromatic rings. The largest absolute Gasteiger partial charge is 0.330 e. The van der Waals surface area contributed by atoms with Gasteiger partial charge in [0.25, 0.3) is 0 Å². The van der Waals surface area contributed by atoms with Gasteiger partial charge in [-0.25, -0.2) is 0 Å². The van der Waals surface area contributed by atoms with Crippen LogP contribution in [0.3, 0.4) is 0 Å². The second-order valence-corrected chi connectivity index (χ2v) is 5.73. The van der Waals surface area contributed by atoms with E-state index in [1.165, 1.54) is 37.7 Å². The van der Waals surface area contributed by atoms with Gasteiger partial charge in [0.2, 0.25) is 0 Å². The summed E-state index contributed by atoms with van der Waals surface area (Å²) in [6, 6.07) is 6.02. The topological polar surface area (TPSA) is 26.0 Å². The summed E-state index contributed by atoms with van der Waals surface area (Å²) in [6.45, 7) is 0.769. The van der Waals surface area contributed by atoms with Gasteiger partial charge < -0.3 is 5.73 Å². The zero-order chi connectivity index (χ0) is 12.3. The molecule has 1 aliphatic carbocycles. The van der Waals surface area contributed by atoms with Gasteiger partial charge in [-0.2, -0.15) is 0 Å². The Morgan fingerprint density at radius 3 is 2.53 bits per heavy atom. The molecule has 2 N–H and O–H groups in total. The van der Waals surface area contributed by atoms with E-state index in [0.29, 0.717) is 21.9 Å². The molecule has 0 radical (unpaired) electrons. The Hall–Kier alpha value is -0.240. The fourth-order valence-electron chi connectivity index (χ4n) is 2.85. The van der Waals surface area contributed by atoms with E-state index in [1.54, 1.807) is 0 Å². The molecule has 2 rings (SSSR count). The molecule has 94 valence electrons. The van der Waals surface area contributed by atoms with Gasteiger partial charge in [0.1, 0.15) is 0 Å². The second kappa shape index (κ2) is 6.08. The lowest BCUT2D eigenvalue weighted by molar-refractivity contribution is 0.408. The van der Waals surface area contributed by atoms with E-state index < -0.39 is 0 Å². The maximum atomic E-state index is 6.10. The summed E-state index contributed by atoms with van der Waals surface area (Å²) in [6.07, 6.45) is 6.39. The van der Waals surface area contributed by atoms with Gasteiger partial charge in [0.05, 0.1) is 10.0 Å². The molecule has 2 unspecified atom stereocenters. The number of rotatable bonds is 2. The van der Waals surface area contributed by atoms with Crippen LogP contribution in [0.5, 0.6) is 0 Å². The van der Waals surface area contributed by atoms with E-state index in [1.807, 2.05) is 12.1 Å². The van der Waals surface area contributed by atoms with Crippen LogP contribution in [0.2, 0.25) is 10.0 Å². The monoisotopic (exact) mass is 271 g/mol. The van der Waals surface area contributed by atoms with E-state index >= 15 is 0 Å². The van der Waals surface area contributed by atoms with Crippen LogP contribution in [0.1, 0.15) is 43.6 Å². The zero-order valence-electron chi connectivity index (χ0n) is 9.96. The van der Waals surface area contributed by atoms with Crippen molar-refractivity contribution in [2.24, 2.45) is 11.7 Å². The van der Waals surface area contributed by atoms with Crippen molar-refractivity contribution < 1.29 is 0 Å². The standard InChI is InChI=1S/C14H19Cl2N/c15-13-7-6-10(8-14(13)16)12-5-3-1-2-4-11(12)9-17/h6-8,11-12H,1-5,9,17H2. The first kappa shape index (κ1) is 13.2. The van der Waals surface area contributed by atoms with E-state index in [2.05, 4.69) is 6.07 Å². The molecular weight excluding hydrogens is 253 g/mol. The second-order valence-electron chi connectivity index (χ2n) is 4.91. The number of hydrogen-bond acceptors (Lipinski definition) is 1. The van der Waals surface area contributed by atoms with Crippen LogP contribution in [0.15, 0.2) is 18.2 Å². The highest BCUT2D eigenvalue weighted by Gasteiger charge is 2.24. The van der Waals surface area contributed by atoms with E-state index in [-0.39, 0.29) is 0 Å². The van der Waals surface area contributed by atoms with E-state index in [9.17, 15) is 0 Å². The molecule has 0 bridgehead atoms. The minimum atomic E-state index is 0.553. The summed E-state index contributed by atoms with van der Waals surface area (Å²) in [4.78, 5) is 0. The lowest BCUT2D eigenvalue weighted by Crippen LogP contribution is -2.21. The van der Waals surface area contributed by atoms with Gasteiger partial charge in [-0.05, 0) is 48.9 Å². The van der Waals surface area contributed by atoms with Crippen molar-refractivity contribution in [3.8, 4) is 0 Å². The Morgan fingerprint density at radius 1 is 1.06 bits per heavy atom. The number of nitrogens with two attached hydrogens (primary N) is 1. The van der Waals surface area contributed by atoms with Crippen LogP contribution in [-0.2, 0) is 0 Å². The van der Waals surface area contributed by atoms with Crippen molar-refractivity contribution in [3.63, 3.8) is 0 Å². The molecule has 0 saturated heterocycles. The number of halogens is 2. The smallest absolute Gasteiger partial charge is 0.0595 e. The first-order valence-electron chi connectivity index (χ1n) is 6.37. The Labute approximate surface area is 113 Å². The third kappa shape index (κ3) is 3.15. The quantitative estimate of drug-likeness (QED) is 0.781. The molecule has 0 aliphatic heterocycles. The molecule has 0 amide bonds. The maximum Gasteiger partial charge on any atom is 0.0595 e. The molecular formula is C14H19Cl2N. The van der Waals surface area contributed by atoms with Crippen LogP contribution >= 0.6 is 23.2 Å². The molecule has 1 nitrogen and oxygen atoms in total. The fourth-order valence-corrected chi connectivity index (χ4v) is 3.15. The molecule has 0 heterocycles. The third-order valence-corrected chi connectivity index (χ3v) is 4.57. The summed E-state index contributed by atoms with van der Waals surface area (Å²) in [5, 5.41) is 1.29. The lowest BCUT2D eigenvalue weighted by atomic mass is 9.82. The summed E-state index contributed by atoms with van der Waals surface area (Å²) in [5.74, 6) is 1.15. The highest BCUT2D eigenvalue weighted by atomic mass is 35.5. The molecule has 3 heteroatoms. The number of hydrogen-bond donors (Lipinski definition) is 1. The van der Waals surface area contributed by atoms with Crippen LogP contribution < -0.4 is 5.73 Å². The summed E-state index contributed by atoms with van der Waals surface area (Å²) in [5.41, 5.74) is 7.21.